The summed E-state index contributed by atoms with van der Waals surface area (Å²) in [6.45, 7) is 2.94. The normalized spacial score (nSPS) is 21.0. The van der Waals surface area contributed by atoms with Crippen LogP contribution in [0.3, 0.4) is 0 Å². The van der Waals surface area contributed by atoms with Crippen molar-refractivity contribution in [2.75, 3.05) is 39.8 Å². The lowest BCUT2D eigenvalue weighted by Gasteiger charge is -2.39. The van der Waals surface area contributed by atoms with Gasteiger partial charge in [0.25, 0.3) is 0 Å². The Hall–Kier alpha value is -1.95. The van der Waals surface area contributed by atoms with Crippen LogP contribution in [0.15, 0.2) is 24.3 Å². The first-order valence-corrected chi connectivity index (χ1v) is 8.58. The number of amides is 2. The average molecular weight is 333 g/mol. The van der Waals surface area contributed by atoms with E-state index in [9.17, 15) is 14.0 Å². The van der Waals surface area contributed by atoms with Crippen molar-refractivity contribution in [1.29, 1.82) is 0 Å². The van der Waals surface area contributed by atoms with Gasteiger partial charge < -0.3 is 9.80 Å². The molecule has 0 aromatic heterocycles. The van der Waals surface area contributed by atoms with Crippen LogP contribution in [-0.4, -0.2) is 66.3 Å². The Morgan fingerprint density at radius 2 is 1.71 bits per heavy atom. The fourth-order valence-corrected chi connectivity index (χ4v) is 3.45. The third kappa shape index (κ3) is 3.59. The molecule has 5 nitrogen and oxygen atoms in total. The number of carbonyl (C=O) groups is 2. The molecule has 6 heteroatoms. The summed E-state index contributed by atoms with van der Waals surface area (Å²) in [5.74, 6) is -0.394. The van der Waals surface area contributed by atoms with Crippen molar-refractivity contribution in [3.8, 4) is 0 Å². The van der Waals surface area contributed by atoms with E-state index in [4.69, 9.17) is 0 Å². The molecule has 2 amide bonds. The Kier molecular flexibility index (Phi) is 5.14. The van der Waals surface area contributed by atoms with E-state index in [-0.39, 0.29) is 24.2 Å². The topological polar surface area (TPSA) is 43.9 Å². The fourth-order valence-electron chi connectivity index (χ4n) is 3.45. The van der Waals surface area contributed by atoms with Crippen LogP contribution in [-0.2, 0) is 9.59 Å². The van der Waals surface area contributed by atoms with E-state index < -0.39 is 6.04 Å². The predicted molar refractivity (Wildman–Crippen MR) is 88.8 cm³/mol. The zero-order valence-corrected chi connectivity index (χ0v) is 14.1. The smallest absolute Gasteiger partial charge is 0.245 e. The quantitative estimate of drug-likeness (QED) is 0.845. The molecular formula is C18H24FN3O2. The molecule has 0 saturated carbocycles. The number of hydrogen-bond donors (Lipinski definition) is 0. The lowest BCUT2D eigenvalue weighted by Crippen LogP contribution is -2.54. The lowest BCUT2D eigenvalue weighted by atomic mass is 10.00. The van der Waals surface area contributed by atoms with Gasteiger partial charge in [0.05, 0.1) is 6.54 Å². The van der Waals surface area contributed by atoms with Gasteiger partial charge in [-0.2, -0.15) is 0 Å². The molecule has 1 aromatic rings. The van der Waals surface area contributed by atoms with Crippen molar-refractivity contribution >= 4 is 11.8 Å². The third-order valence-corrected chi connectivity index (χ3v) is 4.94. The van der Waals surface area contributed by atoms with Crippen molar-refractivity contribution in [3.05, 3.63) is 35.6 Å². The van der Waals surface area contributed by atoms with Crippen LogP contribution < -0.4 is 0 Å². The molecule has 130 valence electrons. The molecule has 0 aliphatic carbocycles. The molecule has 3 rings (SSSR count). The van der Waals surface area contributed by atoms with Crippen LogP contribution in [0.5, 0.6) is 0 Å². The number of carbonyl (C=O) groups excluding carboxylic acids is 2. The molecule has 2 heterocycles. The van der Waals surface area contributed by atoms with E-state index in [1.165, 1.54) is 18.6 Å². The summed E-state index contributed by atoms with van der Waals surface area (Å²) in [5, 5.41) is 0. The lowest BCUT2D eigenvalue weighted by molar-refractivity contribution is -0.148. The Bertz CT molecular complexity index is 599. The second-order valence-corrected chi connectivity index (χ2v) is 6.63. The number of rotatable bonds is 3. The molecule has 0 bridgehead atoms. The third-order valence-electron chi connectivity index (χ3n) is 4.94. The maximum atomic E-state index is 13.3. The molecule has 2 aliphatic rings. The van der Waals surface area contributed by atoms with E-state index in [0.717, 1.165) is 31.5 Å². The number of piperidine rings is 1. The van der Waals surface area contributed by atoms with Crippen molar-refractivity contribution < 1.29 is 14.0 Å². The first-order valence-electron chi connectivity index (χ1n) is 8.58. The molecule has 0 spiro atoms. The van der Waals surface area contributed by atoms with Crippen LogP contribution in [0.4, 0.5) is 4.39 Å². The molecule has 0 N–H and O–H groups in total. The molecule has 2 aliphatic heterocycles. The Balaban J connectivity index is 1.84. The number of nitrogens with zero attached hydrogens (tertiary/aromatic N) is 3. The molecule has 24 heavy (non-hydrogen) atoms. The van der Waals surface area contributed by atoms with Gasteiger partial charge in [-0.05, 0) is 43.6 Å². The Morgan fingerprint density at radius 3 is 2.33 bits per heavy atom. The molecule has 0 unspecified atom stereocenters. The van der Waals surface area contributed by atoms with Crippen LogP contribution in [0.1, 0.15) is 30.9 Å². The van der Waals surface area contributed by atoms with Gasteiger partial charge in [0.2, 0.25) is 11.8 Å². The SMILES string of the molecule is CN1CCN(C(=O)[C@@H](c2ccc(F)cc2)N2CCCCC2)CC1=O. The number of likely N-dealkylation sites (N-methyl/N-ethyl adjacent to an activating group) is 1. The van der Waals surface area contributed by atoms with Crippen molar-refractivity contribution in [3.63, 3.8) is 0 Å². The van der Waals surface area contributed by atoms with Gasteiger partial charge in [0.15, 0.2) is 0 Å². The van der Waals surface area contributed by atoms with Crippen LogP contribution in [0, 0.1) is 5.82 Å². The van der Waals surface area contributed by atoms with Gasteiger partial charge in [0.1, 0.15) is 11.9 Å². The van der Waals surface area contributed by atoms with Crippen LogP contribution in [0.2, 0.25) is 0 Å². The average Bonchev–Trinajstić information content (AvgIpc) is 2.60. The zero-order chi connectivity index (χ0) is 17.1. The molecule has 1 aromatic carbocycles. The van der Waals surface area contributed by atoms with E-state index in [1.807, 2.05) is 0 Å². The van der Waals surface area contributed by atoms with Crippen LogP contribution >= 0.6 is 0 Å². The maximum Gasteiger partial charge on any atom is 0.245 e. The Labute approximate surface area is 142 Å². The summed E-state index contributed by atoms with van der Waals surface area (Å²) >= 11 is 0. The largest absolute Gasteiger partial charge is 0.342 e. The summed E-state index contributed by atoms with van der Waals surface area (Å²) in [6.07, 6.45) is 3.30. The van der Waals surface area contributed by atoms with Gasteiger partial charge in [-0.25, -0.2) is 4.39 Å². The second-order valence-electron chi connectivity index (χ2n) is 6.63. The summed E-state index contributed by atoms with van der Waals surface area (Å²) < 4.78 is 13.3. The van der Waals surface area contributed by atoms with Crippen molar-refractivity contribution in [2.24, 2.45) is 0 Å². The first kappa shape index (κ1) is 16.9. The highest BCUT2D eigenvalue weighted by molar-refractivity contribution is 5.89. The summed E-state index contributed by atoms with van der Waals surface area (Å²) in [5.41, 5.74) is 0.801. The molecule has 0 radical (unpaired) electrons. The van der Waals surface area contributed by atoms with Gasteiger partial charge in [-0.3, -0.25) is 14.5 Å². The molecule has 1 atom stereocenters. The summed E-state index contributed by atoms with van der Waals surface area (Å²) in [7, 11) is 1.76. The van der Waals surface area contributed by atoms with Gasteiger partial charge in [0, 0.05) is 20.1 Å². The van der Waals surface area contributed by atoms with Gasteiger partial charge in [-0.15, -0.1) is 0 Å². The number of halogens is 1. The van der Waals surface area contributed by atoms with Crippen molar-refractivity contribution in [1.82, 2.24) is 14.7 Å². The Morgan fingerprint density at radius 1 is 1.04 bits per heavy atom. The molecular weight excluding hydrogens is 309 g/mol. The van der Waals surface area contributed by atoms with E-state index in [1.54, 1.807) is 29.0 Å². The predicted octanol–water partition coefficient (Wildman–Crippen LogP) is 1.65. The van der Waals surface area contributed by atoms with E-state index in [2.05, 4.69) is 4.90 Å². The highest BCUT2D eigenvalue weighted by Crippen LogP contribution is 2.27. The zero-order valence-electron chi connectivity index (χ0n) is 14.1. The number of piperazine rings is 1. The minimum atomic E-state index is -0.429. The minimum absolute atomic E-state index is 0.0360. The van der Waals surface area contributed by atoms with E-state index >= 15 is 0 Å². The van der Waals surface area contributed by atoms with Crippen molar-refractivity contribution in [2.45, 2.75) is 25.3 Å². The first-order chi connectivity index (χ1) is 11.6. The fraction of sp³-hybridized carbons (Fsp3) is 0.556. The van der Waals surface area contributed by atoms with Crippen LogP contribution in [0.25, 0.3) is 0 Å². The second kappa shape index (κ2) is 7.30. The highest BCUT2D eigenvalue weighted by atomic mass is 19.1. The monoisotopic (exact) mass is 333 g/mol. The number of benzene rings is 1. The maximum absolute atomic E-state index is 13.3. The molecule has 2 fully saturated rings. The van der Waals surface area contributed by atoms with E-state index in [0.29, 0.717) is 13.1 Å². The highest BCUT2D eigenvalue weighted by Gasteiger charge is 2.34. The van der Waals surface area contributed by atoms with Gasteiger partial charge >= 0.3 is 0 Å². The van der Waals surface area contributed by atoms with Gasteiger partial charge in [-0.1, -0.05) is 18.6 Å². The summed E-state index contributed by atoms with van der Waals surface area (Å²) in [6, 6.07) is 5.74. The number of hydrogen-bond acceptors (Lipinski definition) is 3. The number of likely N-dealkylation sites (tertiary alicyclic amines) is 1. The standard InChI is InChI=1S/C18H24FN3O2/c1-20-11-12-22(13-16(20)23)18(24)17(21-9-3-2-4-10-21)14-5-7-15(19)8-6-14/h5-8,17H,2-4,9-13H2,1H3/t17-/m1/s1. The minimum Gasteiger partial charge on any atom is -0.342 e. The summed E-state index contributed by atoms with van der Waals surface area (Å²) in [4.78, 5) is 30.6. The molecule has 2 saturated heterocycles.